The van der Waals surface area contributed by atoms with Crippen molar-refractivity contribution in [2.24, 2.45) is 0 Å². The lowest BCUT2D eigenvalue weighted by Gasteiger charge is -2.11. The lowest BCUT2D eigenvalue weighted by atomic mass is 10.0. The van der Waals surface area contributed by atoms with Gasteiger partial charge in [0.1, 0.15) is 6.10 Å². The number of Topliss-reactive ketones (excluding diaryl/α,β-unsaturated/α-hetero) is 1. The Kier molecular flexibility index (Phi) is 4.90. The summed E-state index contributed by atoms with van der Waals surface area (Å²) in [5.41, 5.74) is -0.391. The summed E-state index contributed by atoms with van der Waals surface area (Å²) in [5, 5.41) is 0. The van der Waals surface area contributed by atoms with E-state index in [2.05, 4.69) is 0 Å². The Hall–Kier alpha value is -1.36. The van der Waals surface area contributed by atoms with Gasteiger partial charge in [0, 0.05) is 13.0 Å². The Bertz CT molecular complexity index is 413. The molecule has 18 heavy (non-hydrogen) atoms. The molecule has 0 saturated heterocycles. The van der Waals surface area contributed by atoms with Crippen LogP contribution in [0.5, 0.6) is 0 Å². The van der Waals surface area contributed by atoms with Crippen LogP contribution in [0.25, 0.3) is 0 Å². The van der Waals surface area contributed by atoms with E-state index in [1.165, 1.54) is 12.1 Å². The fraction of sp³-hybridized carbons (Fsp3) is 0.462. The second-order valence-corrected chi connectivity index (χ2v) is 3.94. The Morgan fingerprint density at radius 1 is 1.39 bits per heavy atom. The molecule has 1 unspecified atom stereocenters. The predicted molar refractivity (Wildman–Crippen MR) is 61.2 cm³/mol. The van der Waals surface area contributed by atoms with Crippen LogP contribution in [0.15, 0.2) is 24.3 Å². The molecule has 2 nitrogen and oxygen atoms in total. The fourth-order valence-corrected chi connectivity index (χ4v) is 1.55. The monoisotopic (exact) mass is 260 g/mol. The number of carbonyl (C=O) groups excluding carboxylic acids is 1. The minimum Gasteiger partial charge on any atom is -0.371 e. The smallest absolute Gasteiger partial charge is 0.371 e. The van der Waals surface area contributed by atoms with Crippen LogP contribution in [0.2, 0.25) is 0 Å². The largest absolute Gasteiger partial charge is 0.416 e. The van der Waals surface area contributed by atoms with Gasteiger partial charge in [-0.3, -0.25) is 4.79 Å². The van der Waals surface area contributed by atoms with Gasteiger partial charge in [-0.1, -0.05) is 18.2 Å². The predicted octanol–water partition coefficient (Wildman–Crippen LogP) is 3.24. The number of carbonyl (C=O) groups is 1. The summed E-state index contributed by atoms with van der Waals surface area (Å²) in [6.07, 6.45) is -5.03. The van der Waals surface area contributed by atoms with Gasteiger partial charge in [-0.25, -0.2) is 0 Å². The maximum Gasteiger partial charge on any atom is 0.416 e. The Morgan fingerprint density at radius 3 is 2.61 bits per heavy atom. The van der Waals surface area contributed by atoms with E-state index < -0.39 is 17.8 Å². The van der Waals surface area contributed by atoms with E-state index in [-0.39, 0.29) is 12.2 Å². The first-order valence-electron chi connectivity index (χ1n) is 5.65. The van der Waals surface area contributed by atoms with E-state index in [1.54, 1.807) is 13.8 Å². The molecule has 0 aromatic heterocycles. The molecular weight excluding hydrogens is 245 g/mol. The van der Waals surface area contributed by atoms with E-state index >= 15 is 0 Å². The first-order valence-corrected chi connectivity index (χ1v) is 5.65. The number of benzene rings is 1. The summed E-state index contributed by atoms with van der Waals surface area (Å²) in [5.74, 6) is -0.226. The molecule has 0 saturated carbocycles. The average molecular weight is 260 g/mol. The van der Waals surface area contributed by atoms with Gasteiger partial charge in [0.05, 0.1) is 5.56 Å². The molecule has 5 heteroatoms. The number of rotatable bonds is 5. The van der Waals surface area contributed by atoms with Crippen LogP contribution in [0.4, 0.5) is 13.2 Å². The Balaban J connectivity index is 2.77. The lowest BCUT2D eigenvalue weighted by Crippen LogP contribution is -2.22. The molecule has 0 aliphatic carbocycles. The number of hydrogen-bond acceptors (Lipinski definition) is 2. The number of halogens is 3. The normalized spacial score (nSPS) is 13.4. The Labute approximate surface area is 104 Å². The van der Waals surface area contributed by atoms with Crippen LogP contribution in [0.3, 0.4) is 0 Å². The third kappa shape index (κ3) is 4.14. The maximum absolute atomic E-state index is 12.5. The number of alkyl halides is 3. The van der Waals surface area contributed by atoms with Crippen molar-refractivity contribution in [3.63, 3.8) is 0 Å². The summed E-state index contributed by atoms with van der Waals surface area (Å²) in [6, 6.07) is 4.79. The zero-order valence-corrected chi connectivity index (χ0v) is 10.3. The zero-order chi connectivity index (χ0) is 13.8. The van der Waals surface area contributed by atoms with Crippen molar-refractivity contribution in [1.29, 1.82) is 0 Å². The van der Waals surface area contributed by atoms with Gasteiger partial charge in [0.25, 0.3) is 0 Å². The summed E-state index contributed by atoms with van der Waals surface area (Å²) in [4.78, 5) is 11.7. The van der Waals surface area contributed by atoms with Crippen LogP contribution in [-0.2, 0) is 22.1 Å². The molecule has 1 aromatic rings. The van der Waals surface area contributed by atoms with Gasteiger partial charge in [-0.05, 0) is 25.5 Å². The molecule has 0 fully saturated rings. The van der Waals surface area contributed by atoms with Gasteiger partial charge in [0.15, 0.2) is 5.78 Å². The first kappa shape index (κ1) is 14.7. The summed E-state index contributed by atoms with van der Waals surface area (Å²) in [6.45, 7) is 3.75. The molecule has 0 heterocycles. The molecule has 0 bridgehead atoms. The van der Waals surface area contributed by atoms with Gasteiger partial charge < -0.3 is 4.74 Å². The molecule has 0 spiro atoms. The molecule has 0 amide bonds. The van der Waals surface area contributed by atoms with Gasteiger partial charge in [0.2, 0.25) is 0 Å². The fourth-order valence-electron chi connectivity index (χ4n) is 1.55. The molecule has 1 rings (SSSR count). The van der Waals surface area contributed by atoms with Crippen molar-refractivity contribution < 1.29 is 22.7 Å². The number of hydrogen-bond donors (Lipinski definition) is 0. The second kappa shape index (κ2) is 6.00. The van der Waals surface area contributed by atoms with Crippen LogP contribution >= 0.6 is 0 Å². The van der Waals surface area contributed by atoms with Crippen LogP contribution in [0, 0.1) is 0 Å². The SMILES string of the molecule is CCOC(C)C(=O)Cc1cccc(C(F)(F)F)c1. The van der Waals surface area contributed by atoms with Crippen molar-refractivity contribution >= 4 is 5.78 Å². The molecular formula is C13H15F3O2. The van der Waals surface area contributed by atoms with E-state index in [4.69, 9.17) is 4.74 Å². The highest BCUT2D eigenvalue weighted by Crippen LogP contribution is 2.29. The Morgan fingerprint density at radius 2 is 2.06 bits per heavy atom. The van der Waals surface area contributed by atoms with Gasteiger partial charge in [-0.2, -0.15) is 13.2 Å². The average Bonchev–Trinajstić information content (AvgIpc) is 2.28. The summed E-state index contributed by atoms with van der Waals surface area (Å²) >= 11 is 0. The standard InChI is InChI=1S/C13H15F3O2/c1-3-18-9(2)12(17)8-10-5-4-6-11(7-10)13(14,15)16/h4-7,9H,3,8H2,1-2H3. The number of ether oxygens (including phenoxy) is 1. The molecule has 100 valence electrons. The third-order valence-corrected chi connectivity index (χ3v) is 2.50. The summed E-state index contributed by atoms with van der Waals surface area (Å²) in [7, 11) is 0. The zero-order valence-electron chi connectivity index (χ0n) is 10.3. The quantitative estimate of drug-likeness (QED) is 0.812. The molecule has 1 atom stereocenters. The third-order valence-electron chi connectivity index (χ3n) is 2.50. The van der Waals surface area contributed by atoms with Crippen LogP contribution in [-0.4, -0.2) is 18.5 Å². The van der Waals surface area contributed by atoms with Crippen LogP contribution in [0.1, 0.15) is 25.0 Å². The van der Waals surface area contributed by atoms with Crippen molar-refractivity contribution in [2.45, 2.75) is 32.5 Å². The van der Waals surface area contributed by atoms with E-state index in [1.807, 2.05) is 0 Å². The van der Waals surface area contributed by atoms with Crippen molar-refractivity contribution in [2.75, 3.05) is 6.61 Å². The minimum absolute atomic E-state index is 0.0505. The van der Waals surface area contributed by atoms with Crippen molar-refractivity contribution in [3.05, 3.63) is 35.4 Å². The second-order valence-electron chi connectivity index (χ2n) is 3.94. The maximum atomic E-state index is 12.5. The van der Waals surface area contributed by atoms with Gasteiger partial charge in [-0.15, -0.1) is 0 Å². The minimum atomic E-state index is -4.38. The highest BCUT2D eigenvalue weighted by atomic mass is 19.4. The lowest BCUT2D eigenvalue weighted by molar-refractivity contribution is -0.137. The van der Waals surface area contributed by atoms with E-state index in [0.29, 0.717) is 12.2 Å². The molecule has 1 aromatic carbocycles. The molecule has 0 aliphatic heterocycles. The molecule has 0 N–H and O–H groups in total. The summed E-state index contributed by atoms with van der Waals surface area (Å²) < 4.78 is 42.5. The first-order chi connectivity index (χ1) is 8.34. The van der Waals surface area contributed by atoms with E-state index in [0.717, 1.165) is 12.1 Å². The van der Waals surface area contributed by atoms with Crippen molar-refractivity contribution in [3.8, 4) is 0 Å². The highest BCUT2D eigenvalue weighted by Gasteiger charge is 2.30. The number of ketones is 1. The molecule has 0 radical (unpaired) electrons. The topological polar surface area (TPSA) is 26.3 Å². The highest BCUT2D eigenvalue weighted by molar-refractivity contribution is 5.84. The van der Waals surface area contributed by atoms with Crippen LogP contribution < -0.4 is 0 Å². The molecule has 0 aliphatic rings. The van der Waals surface area contributed by atoms with E-state index in [9.17, 15) is 18.0 Å². The van der Waals surface area contributed by atoms with Gasteiger partial charge >= 0.3 is 6.18 Å². The van der Waals surface area contributed by atoms with Crippen molar-refractivity contribution in [1.82, 2.24) is 0 Å².